The van der Waals surface area contributed by atoms with Crippen molar-refractivity contribution in [3.05, 3.63) is 90.0 Å². The second-order valence-corrected chi connectivity index (χ2v) is 6.48. The summed E-state index contributed by atoms with van der Waals surface area (Å²) in [6.45, 7) is -0.328. The lowest BCUT2D eigenvalue weighted by Gasteiger charge is -2.09. The Morgan fingerprint density at radius 1 is 0.774 bits per heavy atom. The van der Waals surface area contributed by atoms with Gasteiger partial charge < -0.3 is 19.5 Å². The van der Waals surface area contributed by atoms with Crippen molar-refractivity contribution in [1.29, 1.82) is 0 Å². The fourth-order valence-electron chi connectivity index (χ4n) is 2.55. The van der Waals surface area contributed by atoms with Crippen LogP contribution in [0.3, 0.4) is 0 Å². The molecule has 0 saturated heterocycles. The summed E-state index contributed by atoms with van der Waals surface area (Å²) in [5.41, 5.74) is 2.12. The number of esters is 1. The second kappa shape index (κ2) is 11.2. The van der Waals surface area contributed by atoms with Gasteiger partial charge in [0.2, 0.25) is 0 Å². The van der Waals surface area contributed by atoms with Crippen LogP contribution >= 0.6 is 0 Å². The average Bonchev–Trinajstić information content (AvgIpc) is 2.82. The third kappa shape index (κ3) is 7.32. The van der Waals surface area contributed by atoms with E-state index < -0.39 is 18.5 Å². The minimum atomic E-state index is -0.681. The third-order valence-electron chi connectivity index (χ3n) is 4.12. The Morgan fingerprint density at radius 2 is 1.42 bits per heavy atom. The van der Waals surface area contributed by atoms with Crippen molar-refractivity contribution in [3.8, 4) is 11.5 Å². The molecule has 0 spiro atoms. The van der Waals surface area contributed by atoms with Gasteiger partial charge in [0.1, 0.15) is 24.4 Å². The van der Waals surface area contributed by atoms with Gasteiger partial charge in [0.25, 0.3) is 5.91 Å². The summed E-state index contributed by atoms with van der Waals surface area (Å²) in [7, 11) is 0. The highest BCUT2D eigenvalue weighted by Gasteiger charge is 2.09. The Balaban J connectivity index is 1.36. The summed E-state index contributed by atoms with van der Waals surface area (Å²) in [6, 6.07) is 23.0. The van der Waals surface area contributed by atoms with E-state index in [0.717, 1.165) is 5.56 Å². The molecule has 0 aromatic heterocycles. The lowest BCUT2D eigenvalue weighted by molar-refractivity contribution is -0.149. The molecule has 1 N–H and O–H groups in total. The molecule has 0 aliphatic rings. The van der Waals surface area contributed by atoms with Crippen molar-refractivity contribution in [1.82, 2.24) is 0 Å². The number of aldehydes is 1. The first-order valence-corrected chi connectivity index (χ1v) is 9.53. The maximum Gasteiger partial charge on any atom is 0.344 e. The van der Waals surface area contributed by atoms with Gasteiger partial charge in [0.15, 0.2) is 13.2 Å². The smallest absolute Gasteiger partial charge is 0.344 e. The Bertz CT molecular complexity index is 1000. The molecule has 7 heteroatoms. The fourth-order valence-corrected chi connectivity index (χ4v) is 2.55. The van der Waals surface area contributed by atoms with Crippen LogP contribution in [0.15, 0.2) is 78.9 Å². The largest absolute Gasteiger partial charge is 0.489 e. The summed E-state index contributed by atoms with van der Waals surface area (Å²) in [6.07, 6.45) is 0.710. The van der Waals surface area contributed by atoms with E-state index >= 15 is 0 Å². The van der Waals surface area contributed by atoms with Crippen molar-refractivity contribution in [2.24, 2.45) is 0 Å². The molecular weight excluding hydrogens is 398 g/mol. The summed E-state index contributed by atoms with van der Waals surface area (Å²) in [5, 5.41) is 2.64. The van der Waals surface area contributed by atoms with Gasteiger partial charge in [-0.25, -0.2) is 4.79 Å². The number of carbonyl (C=O) groups excluding carboxylic acids is 3. The molecule has 3 aromatic rings. The Morgan fingerprint density at radius 3 is 2.10 bits per heavy atom. The highest BCUT2D eigenvalue weighted by molar-refractivity contribution is 5.92. The minimum Gasteiger partial charge on any atom is -0.489 e. The van der Waals surface area contributed by atoms with Crippen LogP contribution in [-0.4, -0.2) is 31.4 Å². The highest BCUT2D eigenvalue weighted by atomic mass is 16.6. The average molecular weight is 419 g/mol. The van der Waals surface area contributed by atoms with E-state index in [1.807, 2.05) is 30.3 Å². The molecular formula is C24H21NO6. The van der Waals surface area contributed by atoms with Crippen molar-refractivity contribution in [2.75, 3.05) is 18.5 Å². The van der Waals surface area contributed by atoms with Gasteiger partial charge in [-0.15, -0.1) is 0 Å². The lowest BCUT2D eigenvalue weighted by Crippen LogP contribution is -2.23. The molecule has 31 heavy (non-hydrogen) atoms. The van der Waals surface area contributed by atoms with E-state index in [4.69, 9.17) is 14.2 Å². The zero-order valence-corrected chi connectivity index (χ0v) is 16.7. The number of hydrogen-bond donors (Lipinski definition) is 1. The molecule has 0 aliphatic heterocycles. The number of hydrogen-bond acceptors (Lipinski definition) is 6. The van der Waals surface area contributed by atoms with Crippen LogP contribution in [0.1, 0.15) is 15.9 Å². The number of anilines is 1. The predicted octanol–water partition coefficient (Wildman–Crippen LogP) is 3.64. The standard InChI is InChI=1S/C24H21NO6/c26-14-18-6-10-21(11-7-18)30-17-24(28)31-16-23(27)25-20-8-12-22(13-9-20)29-15-19-4-2-1-3-5-19/h1-14H,15-17H2,(H,25,27). The molecule has 0 unspecified atom stereocenters. The van der Waals surface area contributed by atoms with Crippen LogP contribution < -0.4 is 14.8 Å². The molecule has 0 aliphatic carbocycles. The topological polar surface area (TPSA) is 90.9 Å². The molecule has 0 atom stereocenters. The van der Waals surface area contributed by atoms with E-state index in [1.54, 1.807) is 48.5 Å². The van der Waals surface area contributed by atoms with Crippen LogP contribution in [-0.2, 0) is 20.9 Å². The molecule has 0 saturated carbocycles. The van der Waals surface area contributed by atoms with E-state index in [9.17, 15) is 14.4 Å². The van der Waals surface area contributed by atoms with E-state index in [1.165, 1.54) is 0 Å². The first-order chi connectivity index (χ1) is 15.1. The number of amides is 1. The van der Waals surface area contributed by atoms with Crippen molar-refractivity contribution in [3.63, 3.8) is 0 Å². The molecule has 0 fully saturated rings. The minimum absolute atomic E-state index is 0.346. The molecule has 158 valence electrons. The third-order valence-corrected chi connectivity index (χ3v) is 4.12. The van der Waals surface area contributed by atoms with Crippen LogP contribution in [0.5, 0.6) is 11.5 Å². The van der Waals surface area contributed by atoms with Gasteiger partial charge in [0, 0.05) is 11.3 Å². The quantitative estimate of drug-likeness (QED) is 0.399. The van der Waals surface area contributed by atoms with E-state index in [0.29, 0.717) is 35.6 Å². The van der Waals surface area contributed by atoms with Crippen LogP contribution in [0.2, 0.25) is 0 Å². The van der Waals surface area contributed by atoms with Crippen LogP contribution in [0.4, 0.5) is 5.69 Å². The number of rotatable bonds is 10. The number of ether oxygens (including phenoxy) is 3. The molecule has 7 nitrogen and oxygen atoms in total. The van der Waals surface area contributed by atoms with Gasteiger partial charge in [-0.2, -0.15) is 0 Å². The van der Waals surface area contributed by atoms with E-state index in [2.05, 4.69) is 5.32 Å². The predicted molar refractivity (Wildman–Crippen MR) is 114 cm³/mol. The second-order valence-electron chi connectivity index (χ2n) is 6.48. The van der Waals surface area contributed by atoms with Crippen LogP contribution in [0, 0.1) is 0 Å². The molecule has 1 amide bonds. The van der Waals surface area contributed by atoms with Crippen LogP contribution in [0.25, 0.3) is 0 Å². The molecule has 0 radical (unpaired) electrons. The molecule has 0 bridgehead atoms. The zero-order chi connectivity index (χ0) is 21.9. The van der Waals surface area contributed by atoms with Gasteiger partial charge in [-0.05, 0) is 54.1 Å². The highest BCUT2D eigenvalue weighted by Crippen LogP contribution is 2.17. The summed E-state index contributed by atoms with van der Waals surface area (Å²) < 4.78 is 15.8. The number of benzene rings is 3. The van der Waals surface area contributed by atoms with Crippen molar-refractivity contribution < 1.29 is 28.6 Å². The molecule has 3 rings (SSSR count). The maximum atomic E-state index is 12.0. The Hall–Kier alpha value is -4.13. The van der Waals surface area contributed by atoms with Gasteiger partial charge in [0.05, 0.1) is 0 Å². The SMILES string of the molecule is O=Cc1ccc(OCC(=O)OCC(=O)Nc2ccc(OCc3ccccc3)cc2)cc1. The normalized spacial score (nSPS) is 10.1. The number of nitrogens with one attached hydrogen (secondary N) is 1. The first kappa shape index (κ1) is 21.6. The lowest BCUT2D eigenvalue weighted by atomic mass is 10.2. The zero-order valence-electron chi connectivity index (χ0n) is 16.7. The van der Waals surface area contributed by atoms with Gasteiger partial charge in [-0.1, -0.05) is 30.3 Å². The van der Waals surface area contributed by atoms with Crippen molar-refractivity contribution >= 4 is 23.9 Å². The van der Waals surface area contributed by atoms with Gasteiger partial charge >= 0.3 is 5.97 Å². The maximum absolute atomic E-state index is 12.0. The van der Waals surface area contributed by atoms with Gasteiger partial charge in [-0.3, -0.25) is 9.59 Å². The fraction of sp³-hybridized carbons (Fsp3) is 0.125. The molecule has 3 aromatic carbocycles. The first-order valence-electron chi connectivity index (χ1n) is 9.53. The van der Waals surface area contributed by atoms with Crippen molar-refractivity contribution in [2.45, 2.75) is 6.61 Å². The Kier molecular flexibility index (Phi) is 7.77. The summed E-state index contributed by atoms with van der Waals surface area (Å²) >= 11 is 0. The molecule has 0 heterocycles. The Labute approximate surface area is 179 Å². The summed E-state index contributed by atoms with van der Waals surface area (Å²) in [5.74, 6) is -0.0610. The monoisotopic (exact) mass is 419 g/mol. The summed E-state index contributed by atoms with van der Waals surface area (Å²) in [4.78, 5) is 34.3. The number of carbonyl (C=O) groups is 3. The van der Waals surface area contributed by atoms with E-state index in [-0.39, 0.29) is 6.61 Å².